The fourth-order valence-corrected chi connectivity index (χ4v) is 5.34. The van der Waals surface area contributed by atoms with Gasteiger partial charge in [0.05, 0.1) is 30.9 Å². The molecule has 1 heterocycles. The van der Waals surface area contributed by atoms with E-state index in [1.54, 1.807) is 16.7 Å². The van der Waals surface area contributed by atoms with Crippen LogP contribution in [0.1, 0.15) is 38.5 Å². The van der Waals surface area contributed by atoms with E-state index in [0.29, 0.717) is 46.3 Å². The summed E-state index contributed by atoms with van der Waals surface area (Å²) in [6, 6.07) is 3.35. The predicted molar refractivity (Wildman–Crippen MR) is 124 cm³/mol. The molecule has 1 aromatic heterocycles. The molecule has 1 aliphatic rings. The van der Waals surface area contributed by atoms with Gasteiger partial charge in [-0.15, -0.1) is 0 Å². The van der Waals surface area contributed by atoms with E-state index < -0.39 is 10.0 Å². The van der Waals surface area contributed by atoms with Crippen molar-refractivity contribution in [2.45, 2.75) is 50.2 Å². The van der Waals surface area contributed by atoms with E-state index >= 15 is 0 Å². The van der Waals surface area contributed by atoms with Crippen LogP contribution in [0.25, 0.3) is 10.9 Å². The standard InChI is InChI=1S/C21H29N3O5S2/c1-28-18-13-16-17(14-19(18)29-2)23-21(30-11-6-12-31(22,26)27)24(20(16)25)10-9-15-7-4-3-5-8-15/h7,13-14H,3-6,8-12H2,1-2H3,(H2,22,26,27). The van der Waals surface area contributed by atoms with E-state index in [-0.39, 0.29) is 11.3 Å². The van der Waals surface area contributed by atoms with Gasteiger partial charge in [-0.05, 0) is 44.6 Å². The molecule has 0 saturated heterocycles. The second kappa shape index (κ2) is 10.5. The van der Waals surface area contributed by atoms with E-state index in [1.807, 2.05) is 0 Å². The van der Waals surface area contributed by atoms with Crippen molar-refractivity contribution in [1.82, 2.24) is 9.55 Å². The molecule has 10 heteroatoms. The van der Waals surface area contributed by atoms with E-state index in [4.69, 9.17) is 19.6 Å². The van der Waals surface area contributed by atoms with Crippen molar-refractivity contribution in [3.8, 4) is 11.5 Å². The number of allylic oxidation sites excluding steroid dienone is 2. The first-order valence-corrected chi connectivity index (χ1v) is 13.0. The number of primary sulfonamides is 1. The lowest BCUT2D eigenvalue weighted by molar-refractivity contribution is 0.355. The molecule has 3 rings (SSSR count). The number of benzene rings is 1. The van der Waals surface area contributed by atoms with Crippen LogP contribution in [0, 0.1) is 0 Å². The number of rotatable bonds is 10. The summed E-state index contributed by atoms with van der Waals surface area (Å²) in [6.07, 6.45) is 8.01. The van der Waals surface area contributed by atoms with Gasteiger partial charge in [0, 0.05) is 18.4 Å². The van der Waals surface area contributed by atoms with Gasteiger partial charge in [-0.3, -0.25) is 9.36 Å². The number of hydrogen-bond acceptors (Lipinski definition) is 7. The number of hydrogen-bond donors (Lipinski definition) is 1. The highest BCUT2D eigenvalue weighted by Gasteiger charge is 2.16. The minimum atomic E-state index is -3.51. The van der Waals surface area contributed by atoms with E-state index in [0.717, 1.165) is 19.3 Å². The van der Waals surface area contributed by atoms with E-state index in [9.17, 15) is 13.2 Å². The second-order valence-corrected chi connectivity index (χ2v) is 10.3. The first-order valence-electron chi connectivity index (χ1n) is 10.3. The molecule has 170 valence electrons. The molecule has 1 aliphatic carbocycles. The summed E-state index contributed by atoms with van der Waals surface area (Å²) in [7, 11) is -0.451. The molecular formula is C21H29N3O5S2. The summed E-state index contributed by atoms with van der Waals surface area (Å²) in [5.74, 6) is 1.36. The summed E-state index contributed by atoms with van der Waals surface area (Å²) in [4.78, 5) is 18.1. The molecule has 0 radical (unpaired) electrons. The predicted octanol–water partition coefficient (Wildman–Crippen LogP) is 3.07. The summed E-state index contributed by atoms with van der Waals surface area (Å²) in [5.41, 5.74) is 1.75. The summed E-state index contributed by atoms with van der Waals surface area (Å²) in [5, 5.41) is 6.12. The van der Waals surface area contributed by atoms with Gasteiger partial charge in [0.25, 0.3) is 5.56 Å². The van der Waals surface area contributed by atoms with Gasteiger partial charge in [0.1, 0.15) is 0 Å². The van der Waals surface area contributed by atoms with Gasteiger partial charge < -0.3 is 9.47 Å². The minimum Gasteiger partial charge on any atom is -0.493 e. The van der Waals surface area contributed by atoms with Crippen molar-refractivity contribution in [3.05, 3.63) is 34.1 Å². The lowest BCUT2D eigenvalue weighted by atomic mass is 9.97. The van der Waals surface area contributed by atoms with Crippen LogP contribution in [0.3, 0.4) is 0 Å². The largest absolute Gasteiger partial charge is 0.493 e. The van der Waals surface area contributed by atoms with Gasteiger partial charge in [0.2, 0.25) is 10.0 Å². The highest BCUT2D eigenvalue weighted by Crippen LogP contribution is 2.31. The Morgan fingerprint density at radius 2 is 1.94 bits per heavy atom. The van der Waals surface area contributed by atoms with Crippen molar-refractivity contribution < 1.29 is 17.9 Å². The maximum absolute atomic E-state index is 13.4. The van der Waals surface area contributed by atoms with Gasteiger partial charge in [-0.2, -0.15) is 0 Å². The monoisotopic (exact) mass is 467 g/mol. The Balaban J connectivity index is 1.95. The van der Waals surface area contributed by atoms with Crippen molar-refractivity contribution >= 4 is 32.7 Å². The Kier molecular flexibility index (Phi) is 8.01. The molecular weight excluding hydrogens is 438 g/mol. The Bertz CT molecular complexity index is 1130. The maximum Gasteiger partial charge on any atom is 0.262 e. The third-order valence-corrected chi connectivity index (χ3v) is 7.19. The molecule has 0 bridgehead atoms. The molecule has 0 atom stereocenters. The van der Waals surface area contributed by atoms with Crippen molar-refractivity contribution in [2.75, 3.05) is 25.7 Å². The maximum atomic E-state index is 13.4. The van der Waals surface area contributed by atoms with Gasteiger partial charge in [-0.25, -0.2) is 18.5 Å². The first-order chi connectivity index (χ1) is 14.8. The molecule has 31 heavy (non-hydrogen) atoms. The Morgan fingerprint density at radius 3 is 2.58 bits per heavy atom. The number of methoxy groups -OCH3 is 2. The normalized spacial score (nSPS) is 14.5. The van der Waals surface area contributed by atoms with Gasteiger partial charge >= 0.3 is 0 Å². The van der Waals surface area contributed by atoms with Crippen LogP contribution < -0.4 is 20.2 Å². The molecule has 1 aromatic carbocycles. The topological polar surface area (TPSA) is 114 Å². The molecule has 0 fully saturated rings. The van der Waals surface area contributed by atoms with Gasteiger partial charge in [-0.1, -0.05) is 23.4 Å². The number of nitrogens with two attached hydrogens (primary N) is 1. The lowest BCUT2D eigenvalue weighted by Crippen LogP contribution is -2.24. The molecule has 0 aliphatic heterocycles. The van der Waals surface area contributed by atoms with Crippen molar-refractivity contribution in [3.63, 3.8) is 0 Å². The van der Waals surface area contributed by atoms with Crippen LogP contribution in [0.5, 0.6) is 11.5 Å². The van der Waals surface area contributed by atoms with Crippen molar-refractivity contribution in [1.29, 1.82) is 0 Å². The quantitative estimate of drug-likeness (QED) is 0.247. The smallest absolute Gasteiger partial charge is 0.262 e. The molecule has 8 nitrogen and oxygen atoms in total. The lowest BCUT2D eigenvalue weighted by Gasteiger charge is -2.17. The average molecular weight is 468 g/mol. The van der Waals surface area contributed by atoms with Crippen LogP contribution in [0.2, 0.25) is 0 Å². The SMILES string of the molecule is COc1cc2nc(SCCCS(N)(=O)=O)n(CCC3=CCCCC3)c(=O)c2cc1OC. The second-order valence-electron chi connectivity index (χ2n) is 7.50. The number of thioether (sulfide) groups is 1. The molecule has 0 saturated carbocycles. The van der Waals surface area contributed by atoms with Crippen LogP contribution in [0.15, 0.2) is 33.7 Å². The third-order valence-electron chi connectivity index (χ3n) is 5.27. The van der Waals surface area contributed by atoms with Gasteiger partial charge in [0.15, 0.2) is 16.7 Å². The van der Waals surface area contributed by atoms with Crippen LogP contribution >= 0.6 is 11.8 Å². The number of ether oxygens (including phenoxy) is 2. The minimum absolute atomic E-state index is 0.101. The van der Waals surface area contributed by atoms with E-state index in [1.165, 1.54) is 44.4 Å². The number of fused-ring (bicyclic) bond motifs is 1. The van der Waals surface area contributed by atoms with E-state index in [2.05, 4.69) is 6.08 Å². The zero-order valence-electron chi connectivity index (χ0n) is 17.9. The van der Waals surface area contributed by atoms with Crippen LogP contribution in [0.4, 0.5) is 0 Å². The fourth-order valence-electron chi connectivity index (χ4n) is 3.65. The highest BCUT2D eigenvalue weighted by atomic mass is 32.2. The number of sulfonamides is 1. The highest BCUT2D eigenvalue weighted by molar-refractivity contribution is 7.99. The molecule has 2 N–H and O–H groups in total. The zero-order chi connectivity index (χ0) is 22.4. The molecule has 0 unspecified atom stereocenters. The molecule has 0 amide bonds. The Hall–Kier alpha value is -2.04. The Labute approximate surface area is 186 Å². The fraction of sp³-hybridized carbons (Fsp3) is 0.524. The third kappa shape index (κ3) is 6.24. The molecule has 2 aromatic rings. The first kappa shape index (κ1) is 23.6. The number of aromatic nitrogens is 2. The zero-order valence-corrected chi connectivity index (χ0v) is 19.6. The van der Waals surface area contributed by atoms with Crippen LogP contribution in [-0.2, 0) is 16.6 Å². The summed E-state index contributed by atoms with van der Waals surface area (Å²) in [6.45, 7) is 0.527. The Morgan fingerprint density at radius 1 is 1.19 bits per heavy atom. The molecule has 0 spiro atoms. The summed E-state index contributed by atoms with van der Waals surface area (Å²) >= 11 is 1.37. The van der Waals surface area contributed by atoms with Crippen molar-refractivity contribution in [2.24, 2.45) is 5.14 Å². The number of nitrogens with zero attached hydrogens (tertiary/aromatic N) is 2. The summed E-state index contributed by atoms with van der Waals surface area (Å²) < 4.78 is 34.8. The average Bonchev–Trinajstić information content (AvgIpc) is 2.75. The van der Waals surface area contributed by atoms with Crippen LogP contribution in [-0.4, -0.2) is 43.7 Å².